The predicted octanol–water partition coefficient (Wildman–Crippen LogP) is 2.66. The highest BCUT2D eigenvalue weighted by Gasteiger charge is 2.13. The maximum Gasteiger partial charge on any atom is 0.220 e. The minimum atomic E-state index is 0.119. The summed E-state index contributed by atoms with van der Waals surface area (Å²) in [6.45, 7) is 0.558. The summed E-state index contributed by atoms with van der Waals surface area (Å²) in [5.74, 6) is 0.540. The third kappa shape index (κ3) is 2.98. The molecule has 5 heteroatoms. The van der Waals surface area contributed by atoms with Crippen LogP contribution in [-0.2, 0) is 11.3 Å². The van der Waals surface area contributed by atoms with Crippen molar-refractivity contribution in [3.63, 3.8) is 0 Å². The molecule has 1 aliphatic rings. The van der Waals surface area contributed by atoms with E-state index in [1.807, 2.05) is 18.2 Å². The Morgan fingerprint density at radius 1 is 1.37 bits per heavy atom. The molecule has 0 fully saturated rings. The quantitative estimate of drug-likeness (QED) is 0.871. The highest BCUT2D eigenvalue weighted by molar-refractivity contribution is 7.00. The zero-order valence-electron chi connectivity index (χ0n) is 10.5. The SMILES string of the molecule is O=C(C[C@H]1C=CCC1)NCc1ccc2nsnc2c1. The van der Waals surface area contributed by atoms with Gasteiger partial charge in [-0.1, -0.05) is 18.2 Å². The maximum atomic E-state index is 11.8. The Balaban J connectivity index is 1.55. The molecule has 1 N–H and O–H groups in total. The highest BCUT2D eigenvalue weighted by Crippen LogP contribution is 2.20. The van der Waals surface area contributed by atoms with Crippen molar-refractivity contribution >= 4 is 28.7 Å². The molecule has 1 atom stereocenters. The van der Waals surface area contributed by atoms with E-state index < -0.39 is 0 Å². The fourth-order valence-corrected chi connectivity index (χ4v) is 2.83. The minimum Gasteiger partial charge on any atom is -0.352 e. The summed E-state index contributed by atoms with van der Waals surface area (Å²) in [4.78, 5) is 11.8. The molecule has 2 aromatic rings. The van der Waals surface area contributed by atoms with Crippen molar-refractivity contribution in [2.75, 3.05) is 0 Å². The van der Waals surface area contributed by atoms with Gasteiger partial charge in [0.05, 0.1) is 11.7 Å². The van der Waals surface area contributed by atoms with Crippen LogP contribution in [0.5, 0.6) is 0 Å². The largest absolute Gasteiger partial charge is 0.352 e. The number of aromatic nitrogens is 2. The van der Waals surface area contributed by atoms with Gasteiger partial charge in [0.25, 0.3) is 0 Å². The molecule has 98 valence electrons. The summed E-state index contributed by atoms with van der Waals surface area (Å²) >= 11 is 1.21. The number of nitrogens with one attached hydrogen (secondary N) is 1. The number of benzene rings is 1. The van der Waals surface area contributed by atoms with Gasteiger partial charge in [0.2, 0.25) is 5.91 Å². The van der Waals surface area contributed by atoms with E-state index in [0.717, 1.165) is 29.4 Å². The lowest BCUT2D eigenvalue weighted by Crippen LogP contribution is -2.24. The van der Waals surface area contributed by atoms with Crippen molar-refractivity contribution in [3.8, 4) is 0 Å². The fraction of sp³-hybridized carbons (Fsp3) is 0.357. The van der Waals surface area contributed by atoms with Crippen LogP contribution in [0.1, 0.15) is 24.8 Å². The van der Waals surface area contributed by atoms with E-state index >= 15 is 0 Å². The first-order valence-corrected chi connectivity index (χ1v) is 7.19. The summed E-state index contributed by atoms with van der Waals surface area (Å²) in [5.41, 5.74) is 2.88. The lowest BCUT2D eigenvalue weighted by Gasteiger charge is -2.08. The monoisotopic (exact) mass is 273 g/mol. The molecule has 0 radical (unpaired) electrons. The number of carbonyl (C=O) groups excluding carboxylic acids is 1. The van der Waals surface area contributed by atoms with Crippen molar-refractivity contribution in [1.29, 1.82) is 0 Å². The van der Waals surface area contributed by atoms with Gasteiger partial charge in [-0.2, -0.15) is 8.75 Å². The molecule has 0 saturated heterocycles. The van der Waals surface area contributed by atoms with Crippen molar-refractivity contribution in [2.45, 2.75) is 25.8 Å². The zero-order valence-corrected chi connectivity index (χ0v) is 11.3. The number of carbonyl (C=O) groups is 1. The maximum absolute atomic E-state index is 11.8. The summed E-state index contributed by atoms with van der Waals surface area (Å²) < 4.78 is 8.36. The molecule has 1 aromatic heterocycles. The van der Waals surface area contributed by atoms with E-state index in [2.05, 4.69) is 26.2 Å². The highest BCUT2D eigenvalue weighted by atomic mass is 32.1. The molecule has 0 bridgehead atoms. The molecule has 3 rings (SSSR count). The number of hydrogen-bond acceptors (Lipinski definition) is 4. The normalized spacial score (nSPS) is 18.0. The van der Waals surface area contributed by atoms with Crippen LogP contribution >= 0.6 is 11.7 Å². The fourth-order valence-electron chi connectivity index (χ4n) is 2.31. The van der Waals surface area contributed by atoms with Gasteiger partial charge >= 0.3 is 0 Å². The van der Waals surface area contributed by atoms with Crippen molar-refractivity contribution < 1.29 is 4.79 Å². The second-order valence-corrected chi connectivity index (χ2v) is 5.36. The van der Waals surface area contributed by atoms with Gasteiger partial charge in [-0.25, -0.2) is 0 Å². The molecule has 0 spiro atoms. The van der Waals surface area contributed by atoms with Gasteiger partial charge in [-0.3, -0.25) is 4.79 Å². The third-order valence-corrected chi connectivity index (χ3v) is 3.92. The first-order chi connectivity index (χ1) is 9.31. The Morgan fingerprint density at radius 2 is 2.26 bits per heavy atom. The topological polar surface area (TPSA) is 54.9 Å². The minimum absolute atomic E-state index is 0.119. The van der Waals surface area contributed by atoms with Crippen LogP contribution < -0.4 is 5.32 Å². The standard InChI is InChI=1S/C14H15N3OS/c18-14(8-10-3-1-2-4-10)15-9-11-5-6-12-13(7-11)17-19-16-12/h1,3,5-7,10H,2,4,8-9H2,(H,15,18)/t10-/m0/s1. The van der Waals surface area contributed by atoms with Crippen LogP contribution in [0.2, 0.25) is 0 Å². The molecule has 4 nitrogen and oxygen atoms in total. The van der Waals surface area contributed by atoms with Gasteiger partial charge < -0.3 is 5.32 Å². The lowest BCUT2D eigenvalue weighted by molar-refractivity contribution is -0.121. The first-order valence-electron chi connectivity index (χ1n) is 6.46. The lowest BCUT2D eigenvalue weighted by atomic mass is 10.1. The van der Waals surface area contributed by atoms with Gasteiger partial charge in [0.15, 0.2) is 0 Å². The van der Waals surface area contributed by atoms with Crippen LogP contribution in [0.3, 0.4) is 0 Å². The molecule has 1 amide bonds. The van der Waals surface area contributed by atoms with Gasteiger partial charge in [-0.05, 0) is 36.5 Å². The number of rotatable bonds is 4. The summed E-state index contributed by atoms with van der Waals surface area (Å²) in [6, 6.07) is 5.91. The third-order valence-electron chi connectivity index (χ3n) is 3.37. The van der Waals surface area contributed by atoms with E-state index in [9.17, 15) is 4.79 Å². The van der Waals surface area contributed by atoms with Crippen molar-refractivity contribution in [3.05, 3.63) is 35.9 Å². The molecule has 0 saturated carbocycles. The van der Waals surface area contributed by atoms with Gasteiger partial charge in [0, 0.05) is 13.0 Å². The van der Waals surface area contributed by atoms with E-state index in [1.54, 1.807) is 0 Å². The van der Waals surface area contributed by atoms with Crippen LogP contribution in [0.15, 0.2) is 30.4 Å². The van der Waals surface area contributed by atoms with Crippen LogP contribution in [0.4, 0.5) is 0 Å². The Bertz CT molecular complexity index is 620. The average Bonchev–Trinajstić information content (AvgIpc) is 3.06. The molecular formula is C14H15N3OS. The van der Waals surface area contributed by atoms with E-state index in [0.29, 0.717) is 18.9 Å². The average molecular weight is 273 g/mol. The molecule has 1 aromatic carbocycles. The smallest absolute Gasteiger partial charge is 0.220 e. The summed E-state index contributed by atoms with van der Waals surface area (Å²) in [7, 11) is 0. The molecule has 1 aliphatic carbocycles. The molecule has 0 aliphatic heterocycles. The number of amides is 1. The Kier molecular flexibility index (Phi) is 3.55. The van der Waals surface area contributed by atoms with Crippen LogP contribution in [0.25, 0.3) is 11.0 Å². The number of fused-ring (bicyclic) bond motifs is 1. The van der Waals surface area contributed by atoms with Crippen LogP contribution in [-0.4, -0.2) is 14.7 Å². The van der Waals surface area contributed by atoms with Gasteiger partial charge in [0.1, 0.15) is 11.0 Å². The Morgan fingerprint density at radius 3 is 3.11 bits per heavy atom. The van der Waals surface area contributed by atoms with Crippen molar-refractivity contribution in [1.82, 2.24) is 14.1 Å². The Hall–Kier alpha value is -1.75. The number of allylic oxidation sites excluding steroid dienone is 2. The second-order valence-electron chi connectivity index (χ2n) is 4.83. The molecule has 19 heavy (non-hydrogen) atoms. The van der Waals surface area contributed by atoms with E-state index in [1.165, 1.54) is 11.7 Å². The summed E-state index contributed by atoms with van der Waals surface area (Å²) in [6.07, 6.45) is 7.10. The van der Waals surface area contributed by atoms with E-state index in [-0.39, 0.29) is 5.91 Å². The van der Waals surface area contributed by atoms with Gasteiger partial charge in [-0.15, -0.1) is 0 Å². The van der Waals surface area contributed by atoms with Crippen molar-refractivity contribution in [2.24, 2.45) is 5.92 Å². The summed E-state index contributed by atoms with van der Waals surface area (Å²) in [5, 5.41) is 2.97. The van der Waals surface area contributed by atoms with Crippen LogP contribution in [0, 0.1) is 5.92 Å². The zero-order chi connectivity index (χ0) is 13.1. The molecule has 1 heterocycles. The molecule has 0 unspecified atom stereocenters. The number of hydrogen-bond donors (Lipinski definition) is 1. The second kappa shape index (κ2) is 5.48. The Labute approximate surface area is 115 Å². The number of nitrogens with zero attached hydrogens (tertiary/aromatic N) is 2. The first kappa shape index (κ1) is 12.3. The predicted molar refractivity (Wildman–Crippen MR) is 75.7 cm³/mol. The van der Waals surface area contributed by atoms with E-state index in [4.69, 9.17) is 0 Å². The molecular weight excluding hydrogens is 258 g/mol.